The minimum atomic E-state index is -0.00560. The van der Waals surface area contributed by atoms with Gasteiger partial charge in [-0.15, -0.1) is 0 Å². The van der Waals surface area contributed by atoms with Gasteiger partial charge in [0.05, 0.1) is 0 Å². The second-order valence-electron chi connectivity index (χ2n) is 5.07. The van der Waals surface area contributed by atoms with Crippen molar-refractivity contribution >= 4 is 6.29 Å². The van der Waals surface area contributed by atoms with Gasteiger partial charge in [-0.05, 0) is 49.1 Å². The summed E-state index contributed by atoms with van der Waals surface area (Å²) in [5.74, 6) is 0.684. The Bertz CT molecular complexity index is 392. The van der Waals surface area contributed by atoms with E-state index in [0.29, 0.717) is 5.92 Å². The smallest absolute Gasteiger partial charge is 0.126 e. The van der Waals surface area contributed by atoms with Crippen LogP contribution in [-0.4, -0.2) is 6.29 Å². The van der Waals surface area contributed by atoms with Crippen LogP contribution in [0, 0.1) is 11.3 Å². The van der Waals surface area contributed by atoms with E-state index in [2.05, 4.69) is 24.3 Å². The summed E-state index contributed by atoms with van der Waals surface area (Å²) in [6.07, 6.45) is 6.92. The normalized spacial score (nSPS) is 29.6. The monoisotopic (exact) mass is 200 g/mol. The standard InChI is InChI=1S/C14H16O/c15-10-14(13-5-6-13)8-7-11-3-1-2-4-12(11)9-14/h1-4,10,13H,5-9H2. The summed E-state index contributed by atoms with van der Waals surface area (Å²) in [4.78, 5) is 11.4. The molecular formula is C14H16O. The number of carbonyl (C=O) groups excluding carboxylic acids is 1. The van der Waals surface area contributed by atoms with Crippen molar-refractivity contribution in [2.24, 2.45) is 11.3 Å². The maximum absolute atomic E-state index is 11.4. The maximum atomic E-state index is 11.4. The molecule has 0 bridgehead atoms. The number of benzene rings is 1. The third-order valence-corrected chi connectivity index (χ3v) is 4.12. The van der Waals surface area contributed by atoms with Crippen LogP contribution < -0.4 is 0 Å². The molecule has 1 unspecified atom stereocenters. The Balaban J connectivity index is 1.96. The topological polar surface area (TPSA) is 17.1 Å². The van der Waals surface area contributed by atoms with Crippen molar-refractivity contribution in [3.63, 3.8) is 0 Å². The molecule has 1 atom stereocenters. The first kappa shape index (κ1) is 9.14. The lowest BCUT2D eigenvalue weighted by Gasteiger charge is -2.33. The van der Waals surface area contributed by atoms with Crippen LogP contribution in [0.5, 0.6) is 0 Å². The number of hydrogen-bond donors (Lipinski definition) is 0. The molecule has 0 aromatic heterocycles. The Kier molecular flexibility index (Phi) is 1.95. The first-order valence-electron chi connectivity index (χ1n) is 5.87. The fourth-order valence-corrected chi connectivity index (χ4v) is 2.99. The zero-order chi connectivity index (χ0) is 10.3. The zero-order valence-corrected chi connectivity index (χ0v) is 8.91. The molecule has 1 aromatic carbocycles. The highest BCUT2D eigenvalue weighted by Crippen LogP contribution is 2.51. The summed E-state index contributed by atoms with van der Waals surface area (Å²) in [6, 6.07) is 8.59. The van der Waals surface area contributed by atoms with Gasteiger partial charge in [0.15, 0.2) is 0 Å². The predicted octanol–water partition coefficient (Wildman–Crippen LogP) is 2.77. The predicted molar refractivity (Wildman–Crippen MR) is 59.7 cm³/mol. The minimum absolute atomic E-state index is 0.00560. The Labute approximate surface area is 90.5 Å². The molecule has 0 spiro atoms. The molecule has 1 fully saturated rings. The van der Waals surface area contributed by atoms with Gasteiger partial charge in [-0.2, -0.15) is 0 Å². The summed E-state index contributed by atoms with van der Waals surface area (Å²) in [5.41, 5.74) is 2.85. The van der Waals surface area contributed by atoms with Crippen molar-refractivity contribution in [2.75, 3.05) is 0 Å². The molecule has 0 heterocycles. The Morgan fingerprint density at radius 2 is 1.93 bits per heavy atom. The summed E-state index contributed by atoms with van der Waals surface area (Å²) in [6.45, 7) is 0. The van der Waals surface area contributed by atoms with Gasteiger partial charge in [0.1, 0.15) is 6.29 Å². The van der Waals surface area contributed by atoms with Crippen LogP contribution in [0.3, 0.4) is 0 Å². The summed E-state index contributed by atoms with van der Waals surface area (Å²) >= 11 is 0. The molecule has 0 N–H and O–H groups in total. The number of aldehydes is 1. The molecule has 0 aliphatic heterocycles. The lowest BCUT2D eigenvalue weighted by molar-refractivity contribution is -0.118. The lowest BCUT2D eigenvalue weighted by Crippen LogP contribution is -2.32. The highest BCUT2D eigenvalue weighted by atomic mass is 16.1. The molecule has 15 heavy (non-hydrogen) atoms. The summed E-state index contributed by atoms with van der Waals surface area (Å²) in [7, 11) is 0. The number of fused-ring (bicyclic) bond motifs is 1. The molecule has 0 radical (unpaired) electrons. The first-order valence-corrected chi connectivity index (χ1v) is 5.87. The maximum Gasteiger partial charge on any atom is 0.126 e. The summed E-state index contributed by atoms with van der Waals surface area (Å²) in [5, 5.41) is 0. The van der Waals surface area contributed by atoms with Crippen molar-refractivity contribution in [3.8, 4) is 0 Å². The van der Waals surface area contributed by atoms with E-state index in [4.69, 9.17) is 0 Å². The van der Waals surface area contributed by atoms with E-state index in [0.717, 1.165) is 19.3 Å². The van der Waals surface area contributed by atoms with Gasteiger partial charge in [0.25, 0.3) is 0 Å². The van der Waals surface area contributed by atoms with Gasteiger partial charge in [0, 0.05) is 5.41 Å². The van der Waals surface area contributed by atoms with Crippen LogP contribution in [0.15, 0.2) is 24.3 Å². The number of carbonyl (C=O) groups is 1. The molecule has 1 nitrogen and oxygen atoms in total. The van der Waals surface area contributed by atoms with Gasteiger partial charge in [-0.3, -0.25) is 0 Å². The second-order valence-corrected chi connectivity index (χ2v) is 5.07. The van der Waals surface area contributed by atoms with Crippen molar-refractivity contribution in [1.29, 1.82) is 0 Å². The van der Waals surface area contributed by atoms with Crippen LogP contribution in [0.2, 0.25) is 0 Å². The van der Waals surface area contributed by atoms with Crippen molar-refractivity contribution in [1.82, 2.24) is 0 Å². The quantitative estimate of drug-likeness (QED) is 0.671. The number of hydrogen-bond acceptors (Lipinski definition) is 1. The third kappa shape index (κ3) is 1.41. The van der Waals surface area contributed by atoms with Crippen molar-refractivity contribution in [3.05, 3.63) is 35.4 Å². The van der Waals surface area contributed by atoms with Gasteiger partial charge < -0.3 is 4.79 Å². The fourth-order valence-electron chi connectivity index (χ4n) is 2.99. The SMILES string of the molecule is O=CC1(C2CC2)CCc2ccccc2C1. The van der Waals surface area contributed by atoms with Crippen LogP contribution in [0.25, 0.3) is 0 Å². The molecule has 0 saturated heterocycles. The summed E-state index contributed by atoms with van der Waals surface area (Å²) < 4.78 is 0. The van der Waals surface area contributed by atoms with E-state index in [-0.39, 0.29) is 5.41 Å². The van der Waals surface area contributed by atoms with Gasteiger partial charge in [0.2, 0.25) is 0 Å². The van der Waals surface area contributed by atoms with E-state index in [1.165, 1.54) is 30.3 Å². The average molecular weight is 200 g/mol. The second kappa shape index (κ2) is 3.19. The van der Waals surface area contributed by atoms with E-state index in [9.17, 15) is 4.79 Å². The van der Waals surface area contributed by atoms with Crippen LogP contribution in [0.1, 0.15) is 30.4 Å². The third-order valence-electron chi connectivity index (χ3n) is 4.12. The molecule has 1 saturated carbocycles. The first-order chi connectivity index (χ1) is 7.34. The molecule has 78 valence electrons. The van der Waals surface area contributed by atoms with Crippen molar-refractivity contribution < 1.29 is 4.79 Å². The molecule has 2 aliphatic carbocycles. The number of aryl methyl sites for hydroxylation is 1. The molecule has 2 aliphatic rings. The highest BCUT2D eigenvalue weighted by Gasteiger charge is 2.46. The number of rotatable bonds is 2. The minimum Gasteiger partial charge on any atom is -0.303 e. The van der Waals surface area contributed by atoms with E-state index in [1.807, 2.05) is 0 Å². The molecule has 0 amide bonds. The molecule has 3 rings (SSSR count). The van der Waals surface area contributed by atoms with E-state index >= 15 is 0 Å². The Hall–Kier alpha value is -1.11. The Morgan fingerprint density at radius 3 is 2.60 bits per heavy atom. The molecule has 1 heteroatoms. The fraction of sp³-hybridized carbons (Fsp3) is 0.500. The van der Waals surface area contributed by atoms with E-state index < -0.39 is 0 Å². The average Bonchev–Trinajstić information content (AvgIpc) is 3.12. The molecule has 1 aromatic rings. The van der Waals surface area contributed by atoms with Crippen molar-refractivity contribution in [2.45, 2.75) is 32.1 Å². The van der Waals surface area contributed by atoms with Crippen LogP contribution in [0.4, 0.5) is 0 Å². The zero-order valence-electron chi connectivity index (χ0n) is 8.91. The van der Waals surface area contributed by atoms with Gasteiger partial charge in [-0.1, -0.05) is 24.3 Å². The van der Waals surface area contributed by atoms with Gasteiger partial charge in [-0.25, -0.2) is 0 Å². The largest absolute Gasteiger partial charge is 0.303 e. The van der Waals surface area contributed by atoms with E-state index in [1.54, 1.807) is 0 Å². The van der Waals surface area contributed by atoms with Crippen LogP contribution in [-0.2, 0) is 17.6 Å². The highest BCUT2D eigenvalue weighted by molar-refractivity contribution is 5.63. The molecular weight excluding hydrogens is 184 g/mol. The Morgan fingerprint density at radius 1 is 1.20 bits per heavy atom. The lowest BCUT2D eigenvalue weighted by atomic mass is 9.69. The van der Waals surface area contributed by atoms with Gasteiger partial charge >= 0.3 is 0 Å². The van der Waals surface area contributed by atoms with Crippen LogP contribution >= 0.6 is 0 Å².